The SMILES string of the molecule is CN=C(NCCSC)NCc1nc(C(F)(F)F)cs1. The number of guanidine groups is 1. The van der Waals surface area contributed by atoms with Crippen molar-refractivity contribution in [2.24, 2.45) is 4.99 Å². The number of nitrogens with one attached hydrogen (secondary N) is 2. The highest BCUT2D eigenvalue weighted by Gasteiger charge is 2.33. The van der Waals surface area contributed by atoms with Crippen LogP contribution in [0.5, 0.6) is 0 Å². The van der Waals surface area contributed by atoms with Crippen molar-refractivity contribution in [3.8, 4) is 0 Å². The number of nitrogens with zero attached hydrogens (tertiary/aromatic N) is 2. The topological polar surface area (TPSA) is 49.3 Å². The van der Waals surface area contributed by atoms with Crippen LogP contribution in [0.1, 0.15) is 10.7 Å². The van der Waals surface area contributed by atoms with Gasteiger partial charge < -0.3 is 10.6 Å². The van der Waals surface area contributed by atoms with Crippen LogP contribution in [0.4, 0.5) is 13.2 Å². The monoisotopic (exact) mass is 312 g/mol. The molecule has 0 aliphatic rings. The van der Waals surface area contributed by atoms with Gasteiger partial charge in [0.15, 0.2) is 11.7 Å². The van der Waals surface area contributed by atoms with E-state index in [1.807, 2.05) is 6.26 Å². The molecular formula is C10H15F3N4S2. The molecule has 0 spiro atoms. The number of rotatable bonds is 5. The van der Waals surface area contributed by atoms with Crippen LogP contribution in [0.2, 0.25) is 0 Å². The minimum atomic E-state index is -4.38. The van der Waals surface area contributed by atoms with Gasteiger partial charge in [-0.3, -0.25) is 4.99 Å². The fourth-order valence-electron chi connectivity index (χ4n) is 1.17. The van der Waals surface area contributed by atoms with Crippen molar-refractivity contribution in [1.29, 1.82) is 0 Å². The quantitative estimate of drug-likeness (QED) is 0.497. The van der Waals surface area contributed by atoms with E-state index in [2.05, 4.69) is 20.6 Å². The zero-order valence-corrected chi connectivity index (χ0v) is 12.2. The van der Waals surface area contributed by atoms with Crippen LogP contribution in [0, 0.1) is 0 Å². The second-order valence-electron chi connectivity index (χ2n) is 3.47. The van der Waals surface area contributed by atoms with Gasteiger partial charge in [0.2, 0.25) is 0 Å². The summed E-state index contributed by atoms with van der Waals surface area (Å²) in [6, 6.07) is 0. The first-order valence-electron chi connectivity index (χ1n) is 5.42. The first kappa shape index (κ1) is 16.1. The van der Waals surface area contributed by atoms with E-state index in [-0.39, 0.29) is 6.54 Å². The van der Waals surface area contributed by atoms with E-state index in [0.29, 0.717) is 11.0 Å². The van der Waals surface area contributed by atoms with Crippen molar-refractivity contribution in [2.75, 3.05) is 25.6 Å². The Morgan fingerprint density at radius 2 is 2.21 bits per heavy atom. The van der Waals surface area contributed by atoms with Crippen LogP contribution in [-0.4, -0.2) is 36.5 Å². The Morgan fingerprint density at radius 3 is 2.74 bits per heavy atom. The highest BCUT2D eigenvalue weighted by molar-refractivity contribution is 7.98. The lowest BCUT2D eigenvalue weighted by atomic mass is 10.5. The summed E-state index contributed by atoms with van der Waals surface area (Å²) in [6.07, 6.45) is -2.39. The van der Waals surface area contributed by atoms with E-state index in [4.69, 9.17) is 0 Å². The highest BCUT2D eigenvalue weighted by Crippen LogP contribution is 2.29. The Hall–Kier alpha value is -0.960. The second-order valence-corrected chi connectivity index (χ2v) is 5.40. The molecule has 9 heteroatoms. The molecule has 0 atom stereocenters. The van der Waals surface area contributed by atoms with Crippen molar-refractivity contribution in [3.63, 3.8) is 0 Å². The molecule has 0 aliphatic heterocycles. The van der Waals surface area contributed by atoms with Crippen LogP contribution in [0.15, 0.2) is 10.4 Å². The average molecular weight is 312 g/mol. The van der Waals surface area contributed by atoms with Gasteiger partial charge in [-0.2, -0.15) is 24.9 Å². The number of hydrogen-bond acceptors (Lipinski definition) is 4. The summed E-state index contributed by atoms with van der Waals surface area (Å²) >= 11 is 2.67. The molecule has 1 aromatic heterocycles. The third-order valence-corrected chi connectivity index (χ3v) is 3.53. The minimum Gasteiger partial charge on any atom is -0.356 e. The zero-order chi connectivity index (χ0) is 14.3. The Bertz CT molecular complexity index is 417. The smallest absolute Gasteiger partial charge is 0.356 e. The van der Waals surface area contributed by atoms with Gasteiger partial charge >= 0.3 is 6.18 Å². The molecule has 19 heavy (non-hydrogen) atoms. The molecule has 0 saturated heterocycles. The lowest BCUT2D eigenvalue weighted by Crippen LogP contribution is -2.37. The van der Waals surface area contributed by atoms with Crippen LogP contribution in [0.25, 0.3) is 0 Å². The molecule has 0 radical (unpaired) electrons. The molecule has 2 N–H and O–H groups in total. The van der Waals surface area contributed by atoms with E-state index < -0.39 is 11.9 Å². The van der Waals surface area contributed by atoms with E-state index >= 15 is 0 Å². The van der Waals surface area contributed by atoms with Crippen LogP contribution < -0.4 is 10.6 Å². The van der Waals surface area contributed by atoms with Crippen molar-refractivity contribution in [2.45, 2.75) is 12.7 Å². The van der Waals surface area contributed by atoms with Crippen LogP contribution in [-0.2, 0) is 12.7 Å². The zero-order valence-electron chi connectivity index (χ0n) is 10.5. The minimum absolute atomic E-state index is 0.222. The molecule has 0 aliphatic carbocycles. The maximum atomic E-state index is 12.4. The molecule has 1 rings (SSSR count). The molecular weight excluding hydrogens is 297 g/mol. The van der Waals surface area contributed by atoms with E-state index in [9.17, 15) is 13.2 Å². The van der Waals surface area contributed by atoms with Gasteiger partial charge in [-0.1, -0.05) is 0 Å². The summed E-state index contributed by atoms with van der Waals surface area (Å²) in [5.74, 6) is 1.48. The predicted molar refractivity (Wildman–Crippen MR) is 73.7 cm³/mol. The number of thioether (sulfide) groups is 1. The van der Waals surface area contributed by atoms with Crippen LogP contribution in [0.3, 0.4) is 0 Å². The Labute approximate surface area is 117 Å². The average Bonchev–Trinajstić information content (AvgIpc) is 2.82. The normalized spacial score (nSPS) is 12.6. The van der Waals surface area contributed by atoms with E-state index in [1.54, 1.807) is 18.8 Å². The maximum Gasteiger partial charge on any atom is 0.434 e. The van der Waals surface area contributed by atoms with Gasteiger partial charge in [-0.05, 0) is 6.26 Å². The van der Waals surface area contributed by atoms with Gasteiger partial charge in [0.25, 0.3) is 0 Å². The van der Waals surface area contributed by atoms with Crippen LogP contribution >= 0.6 is 23.1 Å². The molecule has 0 saturated carbocycles. The molecule has 4 nitrogen and oxygen atoms in total. The predicted octanol–water partition coefficient (Wildman–Crippen LogP) is 2.19. The van der Waals surface area contributed by atoms with Gasteiger partial charge in [-0.15, -0.1) is 11.3 Å². The van der Waals surface area contributed by atoms with Gasteiger partial charge in [0.1, 0.15) is 5.01 Å². The molecule has 0 aromatic carbocycles. The Kier molecular flexibility index (Phi) is 6.43. The maximum absolute atomic E-state index is 12.4. The molecule has 0 bridgehead atoms. The third-order valence-electron chi connectivity index (χ3n) is 2.07. The number of aliphatic imine (C=N–C) groups is 1. The molecule has 1 heterocycles. The number of thiazole rings is 1. The van der Waals surface area contributed by atoms with Crippen molar-refractivity contribution >= 4 is 29.1 Å². The molecule has 0 amide bonds. The summed E-state index contributed by atoms with van der Waals surface area (Å²) < 4.78 is 37.1. The molecule has 0 unspecified atom stereocenters. The van der Waals surface area contributed by atoms with Gasteiger partial charge in [-0.25, -0.2) is 4.98 Å². The number of halogens is 3. The van der Waals surface area contributed by atoms with Gasteiger partial charge in [0, 0.05) is 24.7 Å². The lowest BCUT2D eigenvalue weighted by Gasteiger charge is -2.09. The molecule has 108 valence electrons. The van der Waals surface area contributed by atoms with Crippen molar-refractivity contribution < 1.29 is 13.2 Å². The molecule has 0 fully saturated rings. The first-order chi connectivity index (χ1) is 8.97. The van der Waals surface area contributed by atoms with Crippen molar-refractivity contribution in [3.05, 3.63) is 16.1 Å². The second kappa shape index (κ2) is 7.59. The van der Waals surface area contributed by atoms with Gasteiger partial charge in [0.05, 0.1) is 6.54 Å². The first-order valence-corrected chi connectivity index (χ1v) is 7.69. The summed E-state index contributed by atoms with van der Waals surface area (Å²) in [5.41, 5.74) is -0.848. The molecule has 1 aromatic rings. The van der Waals surface area contributed by atoms with E-state index in [1.165, 1.54) is 0 Å². The summed E-state index contributed by atoms with van der Waals surface area (Å²) in [5, 5.41) is 7.36. The third kappa shape index (κ3) is 5.68. The lowest BCUT2D eigenvalue weighted by molar-refractivity contribution is -0.140. The fraction of sp³-hybridized carbons (Fsp3) is 0.600. The number of hydrogen-bond donors (Lipinski definition) is 2. The Morgan fingerprint density at radius 1 is 1.47 bits per heavy atom. The number of alkyl halides is 3. The highest BCUT2D eigenvalue weighted by atomic mass is 32.2. The summed E-state index contributed by atoms with van der Waals surface area (Å²) in [4.78, 5) is 7.50. The summed E-state index contributed by atoms with van der Waals surface area (Å²) in [7, 11) is 1.61. The number of aromatic nitrogens is 1. The standard InChI is InChI=1S/C10H15F3N4S2/c1-14-9(15-3-4-18-2)16-5-8-17-7(6-19-8)10(11,12)13/h6H,3-5H2,1-2H3,(H2,14,15,16). The largest absolute Gasteiger partial charge is 0.434 e. The Balaban J connectivity index is 2.45. The fourth-order valence-corrected chi connectivity index (χ4v) is 2.22. The summed E-state index contributed by atoms with van der Waals surface area (Å²) in [6.45, 7) is 0.964. The van der Waals surface area contributed by atoms with E-state index in [0.717, 1.165) is 29.0 Å². The van der Waals surface area contributed by atoms with Crippen molar-refractivity contribution in [1.82, 2.24) is 15.6 Å².